The van der Waals surface area contributed by atoms with E-state index in [0.717, 1.165) is 11.8 Å². The summed E-state index contributed by atoms with van der Waals surface area (Å²) in [5.41, 5.74) is 5.56. The highest BCUT2D eigenvalue weighted by molar-refractivity contribution is 7.99. The van der Waals surface area contributed by atoms with Gasteiger partial charge in [-0.2, -0.15) is 0 Å². The van der Waals surface area contributed by atoms with Gasteiger partial charge in [-0.25, -0.2) is 9.97 Å². The van der Waals surface area contributed by atoms with Gasteiger partial charge in [0.05, 0.1) is 5.02 Å². The van der Waals surface area contributed by atoms with Crippen LogP contribution in [0, 0.1) is 0 Å². The molecule has 0 bridgehead atoms. The summed E-state index contributed by atoms with van der Waals surface area (Å²) < 4.78 is 0. The van der Waals surface area contributed by atoms with Crippen molar-refractivity contribution in [3.63, 3.8) is 0 Å². The van der Waals surface area contributed by atoms with Crippen LogP contribution in [0.5, 0.6) is 0 Å². The molecule has 0 aliphatic carbocycles. The molecule has 98 valence electrons. The molecule has 0 unspecified atom stereocenters. The lowest BCUT2D eigenvalue weighted by Gasteiger charge is -2.06. The second kappa shape index (κ2) is 5.72. The molecule has 0 amide bonds. The Balaban J connectivity index is 2.39. The minimum absolute atomic E-state index is 0.122. The van der Waals surface area contributed by atoms with E-state index in [1.165, 1.54) is 24.5 Å². The number of amidine groups is 1. The molecule has 2 aromatic rings. The largest absolute Gasteiger partial charge is 0.409 e. The van der Waals surface area contributed by atoms with Crippen LogP contribution >= 0.6 is 23.4 Å². The summed E-state index contributed by atoms with van der Waals surface area (Å²) >= 11 is 7.17. The van der Waals surface area contributed by atoms with Gasteiger partial charge in [0.25, 0.3) is 5.56 Å². The van der Waals surface area contributed by atoms with Gasteiger partial charge in [0.15, 0.2) is 11.0 Å². The van der Waals surface area contributed by atoms with Crippen molar-refractivity contribution in [3.8, 4) is 0 Å². The summed E-state index contributed by atoms with van der Waals surface area (Å²) in [6.07, 6.45) is 2.84. The van der Waals surface area contributed by atoms with Gasteiger partial charge < -0.3 is 15.9 Å². The van der Waals surface area contributed by atoms with Gasteiger partial charge in [-0.15, -0.1) is 0 Å². The predicted octanol–water partition coefficient (Wildman–Crippen LogP) is 1.06. The number of H-pyrrole nitrogens is 1. The molecule has 0 saturated heterocycles. The van der Waals surface area contributed by atoms with E-state index in [0.29, 0.717) is 15.7 Å². The van der Waals surface area contributed by atoms with E-state index < -0.39 is 0 Å². The second-order valence-corrected chi connectivity index (χ2v) is 4.66. The number of pyridine rings is 1. The van der Waals surface area contributed by atoms with E-state index >= 15 is 0 Å². The molecule has 0 aliphatic rings. The lowest BCUT2D eigenvalue weighted by atomic mass is 10.2. The highest BCUT2D eigenvalue weighted by atomic mass is 35.5. The quantitative estimate of drug-likeness (QED) is 0.256. The summed E-state index contributed by atoms with van der Waals surface area (Å²) in [5.74, 6) is -0.122. The van der Waals surface area contributed by atoms with Crippen molar-refractivity contribution in [3.05, 3.63) is 45.5 Å². The van der Waals surface area contributed by atoms with Crippen molar-refractivity contribution >= 4 is 29.2 Å². The highest BCUT2D eigenvalue weighted by Crippen LogP contribution is 2.30. The summed E-state index contributed by atoms with van der Waals surface area (Å²) in [6, 6.07) is 2.81. The van der Waals surface area contributed by atoms with Gasteiger partial charge in [-0.1, -0.05) is 16.8 Å². The van der Waals surface area contributed by atoms with Gasteiger partial charge in [0.2, 0.25) is 0 Å². The first-order valence-electron chi connectivity index (χ1n) is 4.97. The molecule has 0 saturated carbocycles. The first kappa shape index (κ1) is 13.4. The summed E-state index contributed by atoms with van der Waals surface area (Å²) in [5, 5.41) is 12.5. The molecule has 0 fully saturated rings. The van der Waals surface area contributed by atoms with Gasteiger partial charge in [0, 0.05) is 24.0 Å². The second-order valence-electron chi connectivity index (χ2n) is 3.30. The first-order chi connectivity index (χ1) is 9.11. The molecule has 9 heteroatoms. The zero-order valence-electron chi connectivity index (χ0n) is 9.37. The van der Waals surface area contributed by atoms with Gasteiger partial charge in [0.1, 0.15) is 5.03 Å². The lowest BCUT2D eigenvalue weighted by molar-refractivity contribution is 0.318. The molecule has 0 atom stereocenters. The molecular formula is C10H8ClN5O2S. The Morgan fingerprint density at radius 1 is 1.42 bits per heavy atom. The summed E-state index contributed by atoms with van der Waals surface area (Å²) in [7, 11) is 0. The number of aromatic amines is 1. The zero-order chi connectivity index (χ0) is 13.8. The molecule has 7 nitrogen and oxygen atoms in total. The first-order valence-corrected chi connectivity index (χ1v) is 6.17. The number of rotatable bonds is 3. The Morgan fingerprint density at radius 2 is 2.16 bits per heavy atom. The number of nitrogens with two attached hydrogens (primary N) is 1. The third-order valence-corrected chi connectivity index (χ3v) is 3.48. The molecule has 0 spiro atoms. The summed E-state index contributed by atoms with van der Waals surface area (Å²) in [4.78, 5) is 21.7. The maximum atomic E-state index is 11.2. The van der Waals surface area contributed by atoms with Gasteiger partial charge in [-0.3, -0.25) is 4.79 Å². The van der Waals surface area contributed by atoms with Crippen LogP contribution in [0.25, 0.3) is 0 Å². The van der Waals surface area contributed by atoms with E-state index in [-0.39, 0.29) is 16.4 Å². The Morgan fingerprint density at radius 3 is 2.84 bits per heavy atom. The molecule has 4 N–H and O–H groups in total. The van der Waals surface area contributed by atoms with Crippen molar-refractivity contribution in [1.82, 2.24) is 15.0 Å². The van der Waals surface area contributed by atoms with Crippen LogP contribution in [-0.2, 0) is 0 Å². The van der Waals surface area contributed by atoms with E-state index in [1.807, 2.05) is 0 Å². The molecule has 0 radical (unpaired) electrons. The molecule has 0 aromatic carbocycles. The number of hydrogen-bond acceptors (Lipinski definition) is 6. The van der Waals surface area contributed by atoms with Crippen LogP contribution in [0.2, 0.25) is 5.02 Å². The zero-order valence-corrected chi connectivity index (χ0v) is 10.9. The van der Waals surface area contributed by atoms with Crippen molar-refractivity contribution in [2.24, 2.45) is 10.9 Å². The monoisotopic (exact) mass is 297 g/mol. The molecule has 2 rings (SSSR count). The molecule has 2 aromatic heterocycles. The van der Waals surface area contributed by atoms with E-state index in [9.17, 15) is 4.79 Å². The predicted molar refractivity (Wildman–Crippen MR) is 70.7 cm³/mol. The highest BCUT2D eigenvalue weighted by Gasteiger charge is 2.13. The van der Waals surface area contributed by atoms with E-state index in [1.54, 1.807) is 0 Å². The third-order valence-electron chi connectivity index (χ3n) is 2.08. The third kappa shape index (κ3) is 3.04. The van der Waals surface area contributed by atoms with Crippen molar-refractivity contribution in [2.45, 2.75) is 10.2 Å². The SMILES string of the molecule is N/C(=N/O)c1ccnc(Sc2nccc(=O)[nH]2)c1Cl. The Labute approximate surface area is 116 Å². The number of halogens is 1. The van der Waals surface area contributed by atoms with Crippen LogP contribution in [0.15, 0.2) is 44.7 Å². The van der Waals surface area contributed by atoms with Crippen LogP contribution in [0.1, 0.15) is 5.56 Å². The van der Waals surface area contributed by atoms with Crippen LogP contribution < -0.4 is 11.3 Å². The maximum Gasteiger partial charge on any atom is 0.251 e. The fourth-order valence-electron chi connectivity index (χ4n) is 1.24. The summed E-state index contributed by atoms with van der Waals surface area (Å²) in [6.45, 7) is 0. The molecule has 2 heterocycles. The number of aromatic nitrogens is 3. The van der Waals surface area contributed by atoms with Crippen molar-refractivity contribution in [2.75, 3.05) is 0 Å². The molecule has 0 aliphatic heterocycles. The fourth-order valence-corrected chi connectivity index (χ4v) is 2.33. The van der Waals surface area contributed by atoms with E-state index in [4.69, 9.17) is 22.5 Å². The Kier molecular flexibility index (Phi) is 4.03. The van der Waals surface area contributed by atoms with E-state index in [2.05, 4.69) is 20.1 Å². The number of oxime groups is 1. The number of nitrogens with one attached hydrogen (secondary N) is 1. The fraction of sp³-hybridized carbons (Fsp3) is 0. The van der Waals surface area contributed by atoms with Crippen LogP contribution in [-0.4, -0.2) is 26.0 Å². The Bertz CT molecular complexity index is 688. The Hall–Kier alpha value is -2.06. The molecular weight excluding hydrogens is 290 g/mol. The van der Waals surface area contributed by atoms with Gasteiger partial charge in [-0.05, 0) is 17.8 Å². The number of nitrogens with zero attached hydrogens (tertiary/aromatic N) is 3. The molecule has 19 heavy (non-hydrogen) atoms. The number of hydrogen-bond donors (Lipinski definition) is 3. The van der Waals surface area contributed by atoms with Crippen molar-refractivity contribution in [1.29, 1.82) is 0 Å². The van der Waals surface area contributed by atoms with Gasteiger partial charge >= 0.3 is 0 Å². The smallest absolute Gasteiger partial charge is 0.251 e. The lowest BCUT2D eigenvalue weighted by Crippen LogP contribution is -2.14. The van der Waals surface area contributed by atoms with Crippen LogP contribution in [0.4, 0.5) is 0 Å². The average molecular weight is 298 g/mol. The normalized spacial score (nSPS) is 11.5. The van der Waals surface area contributed by atoms with Crippen LogP contribution in [0.3, 0.4) is 0 Å². The maximum absolute atomic E-state index is 11.2. The standard InChI is InChI=1S/C10H8ClN5O2S/c11-7-5(8(12)16-18)1-3-13-9(7)19-10-14-4-2-6(17)15-10/h1-4,18H,(H2,12,16)(H,14,15,17). The minimum Gasteiger partial charge on any atom is -0.409 e. The topological polar surface area (TPSA) is 117 Å². The average Bonchev–Trinajstić information content (AvgIpc) is 2.40. The minimum atomic E-state index is -0.277. The van der Waals surface area contributed by atoms with Crippen molar-refractivity contribution < 1.29 is 5.21 Å².